The van der Waals surface area contributed by atoms with Crippen LogP contribution in [0.25, 0.3) is 0 Å². The van der Waals surface area contributed by atoms with Crippen molar-refractivity contribution in [2.24, 2.45) is 11.1 Å². The highest BCUT2D eigenvalue weighted by molar-refractivity contribution is 5.92. The molecular formula is C8H13NO3. The number of Topliss-reactive ketones (excluding diaryl/α,β-unsaturated/α-hetero) is 1. The van der Waals surface area contributed by atoms with Crippen molar-refractivity contribution < 1.29 is 14.7 Å². The Kier molecular flexibility index (Phi) is 2.19. The smallest absolute Gasteiger partial charge is 0.226 e. The van der Waals surface area contributed by atoms with E-state index in [0.717, 1.165) is 0 Å². The van der Waals surface area contributed by atoms with Crippen LogP contribution in [0.3, 0.4) is 0 Å². The zero-order valence-electron chi connectivity index (χ0n) is 7.04. The Morgan fingerprint density at radius 3 is 2.50 bits per heavy atom. The molecule has 2 atom stereocenters. The predicted octanol–water partition coefficient (Wildman–Crippen LogP) is -0.408. The molecule has 4 heteroatoms. The lowest BCUT2D eigenvalue weighted by molar-refractivity contribution is -0.135. The molecule has 0 saturated heterocycles. The van der Waals surface area contributed by atoms with Crippen LogP contribution in [0.5, 0.6) is 0 Å². The monoisotopic (exact) mass is 171 g/mol. The van der Waals surface area contributed by atoms with Gasteiger partial charge in [-0.3, -0.25) is 9.59 Å². The summed E-state index contributed by atoms with van der Waals surface area (Å²) >= 11 is 0. The van der Waals surface area contributed by atoms with Gasteiger partial charge in [0.25, 0.3) is 0 Å². The average molecular weight is 171 g/mol. The van der Waals surface area contributed by atoms with Gasteiger partial charge in [-0.15, -0.1) is 0 Å². The van der Waals surface area contributed by atoms with Crippen LogP contribution < -0.4 is 5.73 Å². The summed E-state index contributed by atoms with van der Waals surface area (Å²) in [6.45, 7) is 1.50. The molecule has 1 saturated carbocycles. The van der Waals surface area contributed by atoms with E-state index in [1.54, 1.807) is 0 Å². The molecule has 0 heterocycles. The lowest BCUT2D eigenvalue weighted by Crippen LogP contribution is -2.43. The first-order valence-electron chi connectivity index (χ1n) is 3.99. The molecule has 1 rings (SSSR count). The van der Waals surface area contributed by atoms with Crippen molar-refractivity contribution in [2.75, 3.05) is 0 Å². The molecule has 12 heavy (non-hydrogen) atoms. The highest BCUT2D eigenvalue weighted by Crippen LogP contribution is 2.38. The Morgan fingerprint density at radius 1 is 1.75 bits per heavy atom. The molecule has 1 aliphatic carbocycles. The van der Waals surface area contributed by atoms with Crippen molar-refractivity contribution in [3.8, 4) is 0 Å². The highest BCUT2D eigenvalue weighted by atomic mass is 16.3. The van der Waals surface area contributed by atoms with Crippen LogP contribution in [0, 0.1) is 5.41 Å². The summed E-state index contributed by atoms with van der Waals surface area (Å²) in [5.41, 5.74) is 4.16. The zero-order valence-corrected chi connectivity index (χ0v) is 7.04. The minimum absolute atomic E-state index is 0.00898. The summed E-state index contributed by atoms with van der Waals surface area (Å²) in [5.74, 6) is -0.557. The van der Waals surface area contributed by atoms with Gasteiger partial charge in [0.1, 0.15) is 5.78 Å². The van der Waals surface area contributed by atoms with E-state index in [9.17, 15) is 14.7 Å². The normalized spacial score (nSPS) is 32.0. The molecule has 1 amide bonds. The van der Waals surface area contributed by atoms with Gasteiger partial charge in [0.2, 0.25) is 5.91 Å². The van der Waals surface area contributed by atoms with Crippen LogP contribution in [0.2, 0.25) is 0 Å². The third kappa shape index (κ3) is 1.22. The van der Waals surface area contributed by atoms with Crippen molar-refractivity contribution in [3.63, 3.8) is 0 Å². The minimum atomic E-state index is -0.989. The molecule has 0 bridgehead atoms. The summed E-state index contributed by atoms with van der Waals surface area (Å²) in [4.78, 5) is 22.0. The second kappa shape index (κ2) is 2.86. The fourth-order valence-corrected chi connectivity index (χ4v) is 1.66. The van der Waals surface area contributed by atoms with Gasteiger partial charge in [0.05, 0.1) is 11.5 Å². The number of carbonyl (C=O) groups is 2. The van der Waals surface area contributed by atoms with Gasteiger partial charge in [-0.2, -0.15) is 0 Å². The van der Waals surface area contributed by atoms with E-state index in [4.69, 9.17) is 5.73 Å². The van der Waals surface area contributed by atoms with E-state index in [1.807, 2.05) is 0 Å². The summed E-state index contributed by atoms with van der Waals surface area (Å²) in [6.07, 6.45) is 0.00796. The zero-order chi connectivity index (χ0) is 9.35. The van der Waals surface area contributed by atoms with Gasteiger partial charge in [-0.05, 0) is 13.3 Å². The standard InChI is InChI=1S/C8H13NO3/c1-5(10)8(7(9)12)3-2-6(11)4-8/h5,10H,2-4H2,1H3,(H2,9,12). The first-order chi connectivity index (χ1) is 5.49. The summed E-state index contributed by atoms with van der Waals surface area (Å²) in [5, 5.41) is 9.34. The second-order valence-electron chi connectivity index (χ2n) is 3.41. The molecule has 1 fully saturated rings. The Labute approximate surface area is 70.7 Å². The van der Waals surface area contributed by atoms with E-state index in [0.29, 0.717) is 12.8 Å². The van der Waals surface area contributed by atoms with Gasteiger partial charge in [-0.1, -0.05) is 0 Å². The van der Waals surface area contributed by atoms with Gasteiger partial charge in [0.15, 0.2) is 0 Å². The van der Waals surface area contributed by atoms with E-state index < -0.39 is 17.4 Å². The maximum absolute atomic E-state index is 11.0. The SMILES string of the molecule is CC(O)C1(C(N)=O)CCC(=O)C1. The van der Waals surface area contributed by atoms with Crippen LogP contribution in [0.1, 0.15) is 26.2 Å². The maximum Gasteiger partial charge on any atom is 0.226 e. The lowest BCUT2D eigenvalue weighted by Gasteiger charge is -2.27. The molecule has 0 radical (unpaired) electrons. The molecule has 0 spiro atoms. The number of hydrogen-bond donors (Lipinski definition) is 2. The first kappa shape index (κ1) is 9.19. The van der Waals surface area contributed by atoms with E-state index in [-0.39, 0.29) is 12.2 Å². The minimum Gasteiger partial charge on any atom is -0.392 e. The van der Waals surface area contributed by atoms with Crippen LogP contribution in [-0.4, -0.2) is 22.9 Å². The molecule has 3 N–H and O–H groups in total. The molecular weight excluding hydrogens is 158 g/mol. The number of carbonyl (C=O) groups excluding carboxylic acids is 2. The number of primary amides is 1. The number of rotatable bonds is 2. The molecule has 0 aliphatic heterocycles. The van der Waals surface area contributed by atoms with Crippen LogP contribution >= 0.6 is 0 Å². The van der Waals surface area contributed by atoms with E-state index >= 15 is 0 Å². The van der Waals surface area contributed by atoms with Gasteiger partial charge in [0, 0.05) is 12.8 Å². The van der Waals surface area contributed by atoms with Crippen LogP contribution in [0.15, 0.2) is 0 Å². The molecule has 0 aromatic heterocycles. The van der Waals surface area contributed by atoms with Crippen LogP contribution in [-0.2, 0) is 9.59 Å². The third-order valence-electron chi connectivity index (χ3n) is 2.65. The number of amides is 1. The second-order valence-corrected chi connectivity index (χ2v) is 3.41. The quantitative estimate of drug-likeness (QED) is 0.592. The van der Waals surface area contributed by atoms with Gasteiger partial charge >= 0.3 is 0 Å². The molecule has 1 aliphatic rings. The van der Waals surface area contributed by atoms with Crippen molar-refractivity contribution in [3.05, 3.63) is 0 Å². The van der Waals surface area contributed by atoms with Gasteiger partial charge in [-0.25, -0.2) is 0 Å². The highest BCUT2D eigenvalue weighted by Gasteiger charge is 2.47. The Morgan fingerprint density at radius 2 is 2.33 bits per heavy atom. The third-order valence-corrected chi connectivity index (χ3v) is 2.65. The van der Waals surface area contributed by atoms with Crippen LogP contribution in [0.4, 0.5) is 0 Å². The summed E-state index contributed by atoms with van der Waals surface area (Å²) < 4.78 is 0. The lowest BCUT2D eigenvalue weighted by atomic mass is 9.80. The maximum atomic E-state index is 11.0. The topological polar surface area (TPSA) is 80.4 Å². The summed E-state index contributed by atoms with van der Waals surface area (Å²) in [6, 6.07) is 0. The van der Waals surface area contributed by atoms with E-state index in [2.05, 4.69) is 0 Å². The number of ketones is 1. The molecule has 0 aromatic rings. The number of nitrogens with two attached hydrogens (primary N) is 1. The number of aliphatic hydroxyl groups is 1. The van der Waals surface area contributed by atoms with Crippen molar-refractivity contribution in [2.45, 2.75) is 32.3 Å². The van der Waals surface area contributed by atoms with Gasteiger partial charge < -0.3 is 10.8 Å². The molecule has 68 valence electrons. The fraction of sp³-hybridized carbons (Fsp3) is 0.750. The Balaban J connectivity index is 2.89. The number of aliphatic hydroxyl groups excluding tert-OH is 1. The Hall–Kier alpha value is -0.900. The average Bonchev–Trinajstić information content (AvgIpc) is 2.32. The fourth-order valence-electron chi connectivity index (χ4n) is 1.66. The van der Waals surface area contributed by atoms with E-state index in [1.165, 1.54) is 6.92 Å². The van der Waals surface area contributed by atoms with Crippen molar-refractivity contribution in [1.29, 1.82) is 0 Å². The molecule has 0 aromatic carbocycles. The first-order valence-corrected chi connectivity index (χ1v) is 3.99. The largest absolute Gasteiger partial charge is 0.392 e. The molecule has 2 unspecified atom stereocenters. The molecule has 4 nitrogen and oxygen atoms in total. The van der Waals surface area contributed by atoms with Crippen molar-refractivity contribution >= 4 is 11.7 Å². The predicted molar refractivity (Wildman–Crippen MR) is 42.2 cm³/mol. The van der Waals surface area contributed by atoms with Crippen molar-refractivity contribution in [1.82, 2.24) is 0 Å². The number of hydrogen-bond acceptors (Lipinski definition) is 3. The summed E-state index contributed by atoms with van der Waals surface area (Å²) in [7, 11) is 0. The Bertz CT molecular complexity index is 224.